The Balaban J connectivity index is 1.57. The van der Waals surface area contributed by atoms with E-state index >= 15 is 0 Å². The van der Waals surface area contributed by atoms with Crippen molar-refractivity contribution < 1.29 is 14.3 Å². The summed E-state index contributed by atoms with van der Waals surface area (Å²) in [6.07, 6.45) is 2.60. The molecule has 1 unspecified atom stereocenters. The number of halogens is 1. The fourth-order valence-electron chi connectivity index (χ4n) is 3.12. The second kappa shape index (κ2) is 9.34. The first kappa shape index (κ1) is 20.5. The minimum atomic E-state index is -1.12. The number of aliphatic hydroxyl groups is 1. The summed E-state index contributed by atoms with van der Waals surface area (Å²) >= 11 is 0. The fourth-order valence-corrected chi connectivity index (χ4v) is 3.12. The van der Waals surface area contributed by atoms with Crippen LogP contribution in [0.4, 0.5) is 14.9 Å². The number of imidazole rings is 1. The standard InChI is InChI=1S/C22H25FN4O2/c1-15(2)21-24-10-11-27(21)14-16-6-5-7-17(12-16)26-22(29)25-13-20(28)18-8-3-4-9-19(18)23/h3-12,15,20,28H,13-14H2,1-2H3,(H2,25,26,29). The maximum Gasteiger partial charge on any atom is 0.319 e. The van der Waals surface area contributed by atoms with E-state index in [-0.39, 0.29) is 12.1 Å². The summed E-state index contributed by atoms with van der Waals surface area (Å²) in [5.41, 5.74) is 1.80. The molecule has 152 valence electrons. The van der Waals surface area contributed by atoms with Gasteiger partial charge in [0.15, 0.2) is 0 Å². The molecule has 3 aromatic rings. The summed E-state index contributed by atoms with van der Waals surface area (Å²) in [5, 5.41) is 15.4. The van der Waals surface area contributed by atoms with Gasteiger partial charge in [0.1, 0.15) is 11.6 Å². The van der Waals surface area contributed by atoms with Crippen LogP contribution in [0.25, 0.3) is 0 Å². The van der Waals surface area contributed by atoms with Crippen molar-refractivity contribution in [1.29, 1.82) is 0 Å². The Labute approximate surface area is 169 Å². The maximum atomic E-state index is 13.7. The second-order valence-electron chi connectivity index (χ2n) is 7.14. The van der Waals surface area contributed by atoms with E-state index in [1.807, 2.05) is 24.4 Å². The summed E-state index contributed by atoms with van der Waals surface area (Å²) in [6.45, 7) is 4.74. The molecule has 0 aliphatic heterocycles. The molecule has 1 heterocycles. The van der Waals surface area contributed by atoms with Crippen LogP contribution in [0.3, 0.4) is 0 Å². The van der Waals surface area contributed by atoms with Crippen LogP contribution in [-0.2, 0) is 6.54 Å². The number of nitrogens with zero attached hydrogens (tertiary/aromatic N) is 2. The number of aromatic nitrogens is 2. The van der Waals surface area contributed by atoms with Crippen LogP contribution in [-0.4, -0.2) is 27.2 Å². The van der Waals surface area contributed by atoms with Crippen LogP contribution >= 0.6 is 0 Å². The molecule has 29 heavy (non-hydrogen) atoms. The number of hydrogen-bond donors (Lipinski definition) is 3. The first-order chi connectivity index (χ1) is 13.9. The van der Waals surface area contributed by atoms with Crippen LogP contribution in [0.1, 0.15) is 42.8 Å². The Bertz CT molecular complexity index is 971. The molecule has 0 saturated carbocycles. The molecular weight excluding hydrogens is 371 g/mol. The molecule has 1 atom stereocenters. The number of anilines is 1. The Morgan fingerprint density at radius 3 is 2.76 bits per heavy atom. The Morgan fingerprint density at radius 2 is 2.00 bits per heavy atom. The maximum absolute atomic E-state index is 13.7. The van der Waals surface area contributed by atoms with Crippen LogP contribution < -0.4 is 10.6 Å². The molecule has 7 heteroatoms. The minimum Gasteiger partial charge on any atom is -0.386 e. The number of carbonyl (C=O) groups excluding carboxylic acids is 1. The third kappa shape index (κ3) is 5.42. The SMILES string of the molecule is CC(C)c1nccn1Cc1cccc(NC(=O)NCC(O)c2ccccc2F)c1. The van der Waals surface area contributed by atoms with Crippen molar-refractivity contribution in [3.63, 3.8) is 0 Å². The molecule has 3 N–H and O–H groups in total. The third-order valence-corrected chi connectivity index (χ3v) is 4.52. The summed E-state index contributed by atoms with van der Waals surface area (Å²) < 4.78 is 15.8. The average Bonchev–Trinajstić information content (AvgIpc) is 3.15. The Hall–Kier alpha value is -3.19. The highest BCUT2D eigenvalue weighted by Crippen LogP contribution is 2.17. The molecule has 2 aromatic carbocycles. The van der Waals surface area contributed by atoms with Gasteiger partial charge in [0.25, 0.3) is 0 Å². The molecule has 6 nitrogen and oxygen atoms in total. The van der Waals surface area contributed by atoms with Gasteiger partial charge in [0.2, 0.25) is 0 Å². The van der Waals surface area contributed by atoms with E-state index in [1.165, 1.54) is 12.1 Å². The fraction of sp³-hybridized carbons (Fsp3) is 0.273. The van der Waals surface area contributed by atoms with Gasteiger partial charge in [0.05, 0.1) is 6.10 Å². The van der Waals surface area contributed by atoms with Crippen LogP contribution in [0.5, 0.6) is 0 Å². The van der Waals surface area contributed by atoms with Gasteiger partial charge in [-0.1, -0.05) is 44.2 Å². The zero-order chi connectivity index (χ0) is 20.8. The summed E-state index contributed by atoms with van der Waals surface area (Å²) in [7, 11) is 0. The van der Waals surface area contributed by atoms with Crippen LogP contribution in [0, 0.1) is 5.82 Å². The summed E-state index contributed by atoms with van der Waals surface area (Å²) in [5.74, 6) is 0.816. The highest BCUT2D eigenvalue weighted by Gasteiger charge is 2.13. The first-order valence-electron chi connectivity index (χ1n) is 9.51. The van der Waals surface area contributed by atoms with E-state index < -0.39 is 18.0 Å². The van der Waals surface area contributed by atoms with Crippen molar-refractivity contribution >= 4 is 11.7 Å². The first-order valence-corrected chi connectivity index (χ1v) is 9.51. The topological polar surface area (TPSA) is 79.2 Å². The predicted molar refractivity (Wildman–Crippen MR) is 110 cm³/mol. The second-order valence-corrected chi connectivity index (χ2v) is 7.14. The van der Waals surface area contributed by atoms with E-state index in [0.29, 0.717) is 18.2 Å². The van der Waals surface area contributed by atoms with E-state index in [2.05, 4.69) is 34.0 Å². The van der Waals surface area contributed by atoms with Gasteiger partial charge in [-0.15, -0.1) is 0 Å². The lowest BCUT2D eigenvalue weighted by Crippen LogP contribution is -2.32. The monoisotopic (exact) mass is 396 g/mol. The number of benzene rings is 2. The largest absolute Gasteiger partial charge is 0.386 e. The highest BCUT2D eigenvalue weighted by molar-refractivity contribution is 5.89. The van der Waals surface area contributed by atoms with Crippen LogP contribution in [0.15, 0.2) is 60.9 Å². The smallest absolute Gasteiger partial charge is 0.319 e. The van der Waals surface area contributed by atoms with Gasteiger partial charge < -0.3 is 20.3 Å². The number of nitrogens with one attached hydrogen (secondary N) is 2. The lowest BCUT2D eigenvalue weighted by molar-refractivity contribution is 0.170. The number of rotatable bonds is 7. The Kier molecular flexibility index (Phi) is 6.61. The molecule has 0 aliphatic carbocycles. The quantitative estimate of drug-likeness (QED) is 0.564. The molecule has 0 fully saturated rings. The van der Waals surface area contributed by atoms with Crippen molar-refractivity contribution in [2.24, 2.45) is 0 Å². The number of aliphatic hydroxyl groups excluding tert-OH is 1. The molecule has 0 saturated heterocycles. The predicted octanol–water partition coefficient (Wildman–Crippen LogP) is 4.05. The van der Waals surface area contributed by atoms with Crippen molar-refractivity contribution in [3.05, 3.63) is 83.7 Å². The summed E-state index contributed by atoms with van der Waals surface area (Å²) in [4.78, 5) is 16.6. The highest BCUT2D eigenvalue weighted by atomic mass is 19.1. The van der Waals surface area contributed by atoms with Gasteiger partial charge in [-0.05, 0) is 23.8 Å². The zero-order valence-corrected chi connectivity index (χ0v) is 16.5. The molecule has 0 aliphatic rings. The van der Waals surface area contributed by atoms with E-state index in [0.717, 1.165) is 11.4 Å². The molecular formula is C22H25FN4O2. The van der Waals surface area contributed by atoms with Crippen molar-refractivity contribution in [2.75, 3.05) is 11.9 Å². The van der Waals surface area contributed by atoms with Gasteiger partial charge in [-0.25, -0.2) is 14.2 Å². The molecule has 0 radical (unpaired) electrons. The van der Waals surface area contributed by atoms with Crippen molar-refractivity contribution in [3.8, 4) is 0 Å². The van der Waals surface area contributed by atoms with E-state index in [9.17, 15) is 14.3 Å². The third-order valence-electron chi connectivity index (χ3n) is 4.52. The molecule has 1 aromatic heterocycles. The minimum absolute atomic E-state index is 0.0980. The van der Waals surface area contributed by atoms with Gasteiger partial charge in [-0.2, -0.15) is 0 Å². The van der Waals surface area contributed by atoms with E-state index in [4.69, 9.17) is 0 Å². The number of urea groups is 1. The Morgan fingerprint density at radius 1 is 1.21 bits per heavy atom. The molecule has 0 bridgehead atoms. The normalized spacial score (nSPS) is 12.0. The number of hydrogen-bond acceptors (Lipinski definition) is 3. The molecule has 0 spiro atoms. The van der Waals surface area contributed by atoms with Crippen molar-refractivity contribution in [2.45, 2.75) is 32.4 Å². The number of carbonyl (C=O) groups is 1. The lowest BCUT2D eigenvalue weighted by atomic mass is 10.1. The average molecular weight is 396 g/mol. The van der Waals surface area contributed by atoms with Gasteiger partial charge in [0, 0.05) is 42.7 Å². The van der Waals surface area contributed by atoms with Crippen molar-refractivity contribution in [1.82, 2.24) is 14.9 Å². The van der Waals surface area contributed by atoms with Crippen LogP contribution in [0.2, 0.25) is 0 Å². The van der Waals surface area contributed by atoms with Gasteiger partial charge in [-0.3, -0.25) is 0 Å². The molecule has 2 amide bonds. The molecule has 3 rings (SSSR count). The lowest BCUT2D eigenvalue weighted by Gasteiger charge is -2.14. The number of amides is 2. The zero-order valence-electron chi connectivity index (χ0n) is 16.5. The summed E-state index contributed by atoms with van der Waals surface area (Å²) in [6, 6.07) is 13.0. The van der Waals surface area contributed by atoms with E-state index in [1.54, 1.807) is 24.4 Å². The van der Waals surface area contributed by atoms with Gasteiger partial charge >= 0.3 is 6.03 Å².